The Kier molecular flexibility index (Phi) is 6.09. The van der Waals surface area contributed by atoms with Crippen LogP contribution >= 0.6 is 0 Å². The summed E-state index contributed by atoms with van der Waals surface area (Å²) < 4.78 is 14.8. The summed E-state index contributed by atoms with van der Waals surface area (Å²) in [5, 5.41) is 7.37. The summed E-state index contributed by atoms with van der Waals surface area (Å²) in [5.74, 6) is -0.451. The number of aryl methyl sites for hydroxylation is 2. The monoisotopic (exact) mass is 332 g/mol. The maximum Gasteiger partial charge on any atom is 0.270 e. The van der Waals surface area contributed by atoms with E-state index in [4.69, 9.17) is 0 Å². The second-order valence-corrected chi connectivity index (χ2v) is 6.17. The number of aromatic nitrogens is 2. The fourth-order valence-corrected chi connectivity index (χ4v) is 2.55. The Bertz CT molecular complexity index is 679. The van der Waals surface area contributed by atoms with Gasteiger partial charge in [-0.1, -0.05) is 19.1 Å². The number of amides is 1. The van der Waals surface area contributed by atoms with Crippen LogP contribution < -0.4 is 5.32 Å². The van der Waals surface area contributed by atoms with Crippen molar-refractivity contribution in [2.75, 3.05) is 20.6 Å². The SMILES string of the molecule is CCc1cc(C(=O)NC(CCN(C)C)c2ccc(F)cc2)n(C)n1. The third-order valence-electron chi connectivity index (χ3n) is 3.97. The normalized spacial score (nSPS) is 12.4. The molecule has 0 aliphatic rings. The molecule has 1 heterocycles. The van der Waals surface area contributed by atoms with Crippen LogP contribution in [0.5, 0.6) is 0 Å². The first-order valence-electron chi connectivity index (χ1n) is 8.14. The van der Waals surface area contributed by atoms with E-state index in [1.54, 1.807) is 23.9 Å². The number of benzene rings is 1. The van der Waals surface area contributed by atoms with Crippen LogP contribution in [0.2, 0.25) is 0 Å². The van der Waals surface area contributed by atoms with E-state index in [-0.39, 0.29) is 17.8 Å². The lowest BCUT2D eigenvalue weighted by molar-refractivity contribution is 0.0923. The molecule has 1 aromatic carbocycles. The highest BCUT2D eigenvalue weighted by atomic mass is 19.1. The Morgan fingerprint density at radius 3 is 2.54 bits per heavy atom. The summed E-state index contributed by atoms with van der Waals surface area (Å²) in [4.78, 5) is 14.7. The second kappa shape index (κ2) is 8.06. The van der Waals surface area contributed by atoms with Crippen molar-refractivity contribution >= 4 is 5.91 Å². The van der Waals surface area contributed by atoms with Crippen molar-refractivity contribution in [1.29, 1.82) is 0 Å². The van der Waals surface area contributed by atoms with Crippen LogP contribution in [0.4, 0.5) is 4.39 Å². The number of nitrogens with one attached hydrogen (secondary N) is 1. The van der Waals surface area contributed by atoms with E-state index in [0.717, 1.165) is 30.6 Å². The number of rotatable bonds is 7. The fraction of sp³-hybridized carbons (Fsp3) is 0.444. The molecule has 1 amide bonds. The van der Waals surface area contributed by atoms with E-state index in [9.17, 15) is 9.18 Å². The predicted molar refractivity (Wildman–Crippen MR) is 92.4 cm³/mol. The Hall–Kier alpha value is -2.21. The Morgan fingerprint density at radius 2 is 2.00 bits per heavy atom. The van der Waals surface area contributed by atoms with Crippen LogP contribution in [0.1, 0.15) is 41.1 Å². The average molecular weight is 332 g/mol. The van der Waals surface area contributed by atoms with E-state index in [2.05, 4.69) is 15.3 Å². The molecule has 1 aromatic heterocycles. The molecule has 0 bridgehead atoms. The van der Waals surface area contributed by atoms with Crippen molar-refractivity contribution < 1.29 is 9.18 Å². The molecule has 6 heteroatoms. The van der Waals surface area contributed by atoms with Crippen molar-refractivity contribution in [3.63, 3.8) is 0 Å². The quantitative estimate of drug-likeness (QED) is 0.848. The molecule has 5 nitrogen and oxygen atoms in total. The van der Waals surface area contributed by atoms with Crippen LogP contribution in [0.25, 0.3) is 0 Å². The first-order chi connectivity index (χ1) is 11.4. The van der Waals surface area contributed by atoms with Gasteiger partial charge in [-0.25, -0.2) is 4.39 Å². The van der Waals surface area contributed by atoms with Gasteiger partial charge < -0.3 is 10.2 Å². The number of hydrogen-bond donors (Lipinski definition) is 1. The molecule has 1 atom stereocenters. The first-order valence-corrected chi connectivity index (χ1v) is 8.14. The van der Waals surface area contributed by atoms with Gasteiger partial charge in [0.25, 0.3) is 5.91 Å². The fourth-order valence-electron chi connectivity index (χ4n) is 2.55. The lowest BCUT2D eigenvalue weighted by Gasteiger charge is -2.21. The number of nitrogens with zero attached hydrogens (tertiary/aromatic N) is 3. The van der Waals surface area contributed by atoms with Gasteiger partial charge >= 0.3 is 0 Å². The summed E-state index contributed by atoms with van der Waals surface area (Å²) in [6, 6.07) is 7.91. The molecule has 0 aliphatic carbocycles. The van der Waals surface area contributed by atoms with E-state index in [0.29, 0.717) is 5.69 Å². The molecule has 0 saturated carbocycles. The smallest absolute Gasteiger partial charge is 0.270 e. The highest BCUT2D eigenvalue weighted by Gasteiger charge is 2.19. The van der Waals surface area contributed by atoms with Crippen LogP contribution in [-0.4, -0.2) is 41.2 Å². The average Bonchev–Trinajstić information content (AvgIpc) is 2.93. The zero-order valence-electron chi connectivity index (χ0n) is 14.7. The highest BCUT2D eigenvalue weighted by Crippen LogP contribution is 2.19. The maximum atomic E-state index is 13.2. The first kappa shape index (κ1) is 18.1. The van der Waals surface area contributed by atoms with Gasteiger partial charge in [0.2, 0.25) is 0 Å². The molecule has 1 N–H and O–H groups in total. The summed E-state index contributed by atoms with van der Waals surface area (Å²) in [6.45, 7) is 2.82. The lowest BCUT2D eigenvalue weighted by atomic mass is 10.0. The molecular weight excluding hydrogens is 307 g/mol. The van der Waals surface area contributed by atoms with Gasteiger partial charge in [0.05, 0.1) is 11.7 Å². The summed E-state index contributed by atoms with van der Waals surface area (Å²) in [7, 11) is 5.73. The molecule has 24 heavy (non-hydrogen) atoms. The van der Waals surface area contributed by atoms with Crippen LogP contribution in [0.15, 0.2) is 30.3 Å². The zero-order chi connectivity index (χ0) is 17.7. The van der Waals surface area contributed by atoms with Crippen molar-refractivity contribution in [3.05, 3.63) is 53.1 Å². The topological polar surface area (TPSA) is 50.2 Å². The molecule has 0 fully saturated rings. The van der Waals surface area contributed by atoms with Crippen LogP contribution in [0.3, 0.4) is 0 Å². The minimum atomic E-state index is -0.282. The largest absolute Gasteiger partial charge is 0.344 e. The minimum Gasteiger partial charge on any atom is -0.344 e. The van der Waals surface area contributed by atoms with Crippen molar-refractivity contribution in [3.8, 4) is 0 Å². The number of halogens is 1. The van der Waals surface area contributed by atoms with Crippen LogP contribution in [-0.2, 0) is 13.5 Å². The van der Waals surface area contributed by atoms with Gasteiger partial charge in [-0.05, 0) is 57.2 Å². The van der Waals surface area contributed by atoms with E-state index >= 15 is 0 Å². The van der Waals surface area contributed by atoms with Gasteiger partial charge in [0, 0.05) is 7.05 Å². The standard InChI is InChI=1S/C18H25FN4O/c1-5-15-12-17(23(4)21-15)18(24)20-16(10-11-22(2)3)13-6-8-14(19)9-7-13/h6-9,12,16H,5,10-11H2,1-4H3,(H,20,24). The highest BCUT2D eigenvalue weighted by molar-refractivity contribution is 5.92. The second-order valence-electron chi connectivity index (χ2n) is 6.17. The van der Waals surface area contributed by atoms with Crippen molar-refractivity contribution in [2.45, 2.75) is 25.8 Å². The molecule has 0 spiro atoms. The molecule has 2 rings (SSSR count). The summed E-state index contributed by atoms with van der Waals surface area (Å²) in [5.41, 5.74) is 2.31. The van der Waals surface area contributed by atoms with E-state index < -0.39 is 0 Å². The molecule has 130 valence electrons. The molecule has 0 radical (unpaired) electrons. The van der Waals surface area contributed by atoms with E-state index in [1.807, 2.05) is 27.1 Å². The zero-order valence-corrected chi connectivity index (χ0v) is 14.7. The van der Waals surface area contributed by atoms with Gasteiger partial charge in [0.1, 0.15) is 11.5 Å². The van der Waals surface area contributed by atoms with E-state index in [1.165, 1.54) is 12.1 Å². The predicted octanol–water partition coefficient (Wildman–Crippen LogP) is 2.54. The Morgan fingerprint density at radius 1 is 1.33 bits per heavy atom. The Balaban J connectivity index is 2.18. The lowest BCUT2D eigenvalue weighted by Crippen LogP contribution is -2.32. The minimum absolute atomic E-state index is 0.169. The van der Waals surface area contributed by atoms with Crippen LogP contribution in [0, 0.1) is 5.82 Å². The Labute approximate surface area is 142 Å². The number of carbonyl (C=O) groups is 1. The van der Waals surface area contributed by atoms with Crippen molar-refractivity contribution in [1.82, 2.24) is 20.0 Å². The molecule has 1 unspecified atom stereocenters. The summed E-state index contributed by atoms with van der Waals surface area (Å²) >= 11 is 0. The third kappa shape index (κ3) is 4.64. The molecule has 0 saturated heterocycles. The van der Waals surface area contributed by atoms with Gasteiger partial charge in [-0.15, -0.1) is 0 Å². The molecular formula is C18H25FN4O. The van der Waals surface area contributed by atoms with Gasteiger partial charge in [-0.2, -0.15) is 5.10 Å². The van der Waals surface area contributed by atoms with Gasteiger partial charge in [0.15, 0.2) is 0 Å². The number of carbonyl (C=O) groups excluding carboxylic acids is 1. The molecule has 2 aromatic rings. The van der Waals surface area contributed by atoms with Gasteiger partial charge in [-0.3, -0.25) is 9.48 Å². The number of hydrogen-bond acceptors (Lipinski definition) is 3. The summed E-state index contributed by atoms with van der Waals surface area (Å²) in [6.07, 6.45) is 1.52. The molecule has 0 aliphatic heterocycles. The third-order valence-corrected chi connectivity index (χ3v) is 3.97. The van der Waals surface area contributed by atoms with Crippen molar-refractivity contribution in [2.24, 2.45) is 7.05 Å². The maximum absolute atomic E-state index is 13.2.